The number of para-hydroxylation sites is 1. The SMILES string of the molecule is COC(COP(NC(C)C(=O)OC(C)c1ccccc1)Oc1ccccc1)CC(C)N(C)/C=C\C(=O)NC=O. The molecule has 11 heteroatoms. The summed E-state index contributed by atoms with van der Waals surface area (Å²) >= 11 is 0. The van der Waals surface area contributed by atoms with Gasteiger partial charge in [0.05, 0.1) is 12.7 Å². The van der Waals surface area contributed by atoms with Gasteiger partial charge in [0.1, 0.15) is 17.9 Å². The third-order valence-electron chi connectivity index (χ3n) is 5.82. The quantitative estimate of drug-likeness (QED) is 0.128. The van der Waals surface area contributed by atoms with E-state index in [2.05, 4.69) is 10.4 Å². The summed E-state index contributed by atoms with van der Waals surface area (Å²) in [5.74, 6) is -0.338. The van der Waals surface area contributed by atoms with Crippen LogP contribution in [-0.2, 0) is 28.4 Å². The highest BCUT2D eigenvalue weighted by molar-refractivity contribution is 7.45. The van der Waals surface area contributed by atoms with Crippen LogP contribution in [0.3, 0.4) is 0 Å². The first-order valence-electron chi connectivity index (χ1n) is 12.6. The number of carbonyl (C=O) groups is 3. The zero-order valence-corrected chi connectivity index (χ0v) is 23.9. The Hall–Kier alpha value is -3.30. The molecule has 2 rings (SSSR count). The summed E-state index contributed by atoms with van der Waals surface area (Å²) in [4.78, 5) is 36.5. The minimum atomic E-state index is -1.73. The number of amides is 2. The van der Waals surface area contributed by atoms with E-state index in [1.807, 2.05) is 74.3 Å². The lowest BCUT2D eigenvalue weighted by Gasteiger charge is -2.28. The molecule has 0 aromatic heterocycles. The van der Waals surface area contributed by atoms with E-state index in [-0.39, 0.29) is 18.8 Å². The molecule has 0 saturated carbocycles. The van der Waals surface area contributed by atoms with Crippen LogP contribution in [0.2, 0.25) is 0 Å². The van der Waals surface area contributed by atoms with Crippen molar-refractivity contribution in [3.63, 3.8) is 0 Å². The van der Waals surface area contributed by atoms with Gasteiger partial charge < -0.3 is 23.4 Å². The molecule has 0 bridgehead atoms. The monoisotopic (exact) mass is 559 g/mol. The molecule has 212 valence electrons. The predicted octanol–water partition coefficient (Wildman–Crippen LogP) is 4.10. The number of nitrogens with one attached hydrogen (secondary N) is 2. The third kappa shape index (κ3) is 12.0. The predicted molar refractivity (Wildman–Crippen MR) is 149 cm³/mol. The van der Waals surface area contributed by atoms with E-state index in [4.69, 9.17) is 18.5 Å². The molecule has 2 aromatic rings. The number of nitrogens with zero attached hydrogens (tertiary/aromatic N) is 1. The van der Waals surface area contributed by atoms with Crippen molar-refractivity contribution < 1.29 is 32.9 Å². The molecule has 2 aromatic carbocycles. The van der Waals surface area contributed by atoms with E-state index < -0.39 is 32.5 Å². The van der Waals surface area contributed by atoms with Gasteiger partial charge in [-0.25, -0.2) is 5.09 Å². The van der Waals surface area contributed by atoms with Crippen molar-refractivity contribution >= 4 is 26.8 Å². The molecule has 2 N–H and O–H groups in total. The molecule has 0 aliphatic rings. The Labute approximate surface area is 231 Å². The van der Waals surface area contributed by atoms with Gasteiger partial charge in [0.25, 0.3) is 5.91 Å². The Balaban J connectivity index is 1.98. The topological polar surface area (TPSA) is 115 Å². The second kappa shape index (κ2) is 17.3. The van der Waals surface area contributed by atoms with Gasteiger partial charge in [0.15, 0.2) is 0 Å². The molecule has 10 nitrogen and oxygen atoms in total. The number of hydrogen-bond acceptors (Lipinski definition) is 9. The van der Waals surface area contributed by atoms with Crippen LogP contribution in [-0.4, -0.2) is 62.1 Å². The van der Waals surface area contributed by atoms with Crippen LogP contribution in [0.4, 0.5) is 0 Å². The second-order valence-electron chi connectivity index (χ2n) is 8.85. The Morgan fingerprint density at radius 3 is 2.28 bits per heavy atom. The number of hydrogen-bond donors (Lipinski definition) is 2. The van der Waals surface area contributed by atoms with Crippen LogP contribution in [0.25, 0.3) is 0 Å². The molecule has 5 atom stereocenters. The van der Waals surface area contributed by atoms with Crippen LogP contribution in [0.1, 0.15) is 38.9 Å². The normalized spacial score (nSPS) is 15.0. The van der Waals surface area contributed by atoms with E-state index in [9.17, 15) is 14.4 Å². The number of ether oxygens (including phenoxy) is 2. The van der Waals surface area contributed by atoms with Gasteiger partial charge in [0, 0.05) is 32.5 Å². The largest absolute Gasteiger partial charge is 0.457 e. The maximum atomic E-state index is 12.8. The Kier molecular flexibility index (Phi) is 14.2. The average molecular weight is 560 g/mol. The molecule has 0 aliphatic heterocycles. The summed E-state index contributed by atoms with van der Waals surface area (Å²) < 4.78 is 23.4. The van der Waals surface area contributed by atoms with Crippen molar-refractivity contribution in [2.24, 2.45) is 0 Å². The van der Waals surface area contributed by atoms with Gasteiger partial charge in [-0.3, -0.25) is 19.7 Å². The fourth-order valence-corrected chi connectivity index (χ4v) is 4.53. The lowest BCUT2D eigenvalue weighted by atomic mass is 10.1. The Bertz CT molecular complexity index is 1040. The van der Waals surface area contributed by atoms with Crippen molar-refractivity contribution in [2.75, 3.05) is 20.8 Å². The first-order valence-corrected chi connectivity index (χ1v) is 13.8. The van der Waals surface area contributed by atoms with E-state index in [0.29, 0.717) is 18.6 Å². The van der Waals surface area contributed by atoms with Crippen molar-refractivity contribution in [2.45, 2.75) is 51.5 Å². The summed E-state index contributed by atoms with van der Waals surface area (Å²) in [5, 5.41) is 5.18. The first kappa shape index (κ1) is 31.9. The van der Waals surface area contributed by atoms with Gasteiger partial charge in [-0.2, -0.15) is 0 Å². The number of methoxy groups -OCH3 is 1. The smallest absolute Gasteiger partial charge is 0.323 e. The molecule has 0 radical (unpaired) electrons. The molecule has 39 heavy (non-hydrogen) atoms. The summed E-state index contributed by atoms with van der Waals surface area (Å²) in [7, 11) is 1.68. The average Bonchev–Trinajstić information content (AvgIpc) is 2.94. The van der Waals surface area contributed by atoms with Crippen LogP contribution in [0.15, 0.2) is 72.9 Å². The molecule has 0 fully saturated rings. The minimum Gasteiger partial charge on any atom is -0.457 e. The van der Waals surface area contributed by atoms with Crippen LogP contribution >= 0.6 is 8.53 Å². The van der Waals surface area contributed by atoms with E-state index in [1.165, 1.54) is 6.08 Å². The number of rotatable bonds is 17. The van der Waals surface area contributed by atoms with Gasteiger partial charge in [-0.15, -0.1) is 0 Å². The molecule has 2 amide bonds. The molecule has 0 aliphatic carbocycles. The number of carbonyl (C=O) groups excluding carboxylic acids is 3. The van der Waals surface area contributed by atoms with E-state index in [0.717, 1.165) is 5.56 Å². The maximum absolute atomic E-state index is 12.8. The summed E-state index contributed by atoms with van der Waals surface area (Å²) in [6.07, 6.45) is 3.08. The fourth-order valence-electron chi connectivity index (χ4n) is 3.31. The highest BCUT2D eigenvalue weighted by Crippen LogP contribution is 2.36. The van der Waals surface area contributed by atoms with Crippen molar-refractivity contribution in [3.05, 3.63) is 78.5 Å². The number of esters is 1. The number of imide groups is 1. The standard InChI is InChI=1S/C28H38N3O7P/c1-21(31(4)17-16-27(33)29-20-32)18-26(35-5)19-36-39(38-25-14-10-7-11-15-25)30-22(2)28(34)37-23(3)24-12-8-6-9-13-24/h6-17,20-23,26,30H,18-19H2,1-5H3,(H,29,32,33)/b17-16-. The Morgan fingerprint density at radius 1 is 1.03 bits per heavy atom. The van der Waals surface area contributed by atoms with Gasteiger partial charge >= 0.3 is 14.5 Å². The van der Waals surface area contributed by atoms with E-state index in [1.54, 1.807) is 32.4 Å². The van der Waals surface area contributed by atoms with Crippen molar-refractivity contribution in [1.82, 2.24) is 15.3 Å². The van der Waals surface area contributed by atoms with Gasteiger partial charge in [-0.05, 0) is 44.9 Å². The Morgan fingerprint density at radius 2 is 1.67 bits per heavy atom. The van der Waals surface area contributed by atoms with Gasteiger partial charge in [0.2, 0.25) is 6.41 Å². The lowest BCUT2D eigenvalue weighted by Crippen LogP contribution is -2.35. The number of benzene rings is 2. The third-order valence-corrected chi connectivity index (χ3v) is 7.18. The highest BCUT2D eigenvalue weighted by atomic mass is 31.2. The zero-order valence-electron chi connectivity index (χ0n) is 23.0. The zero-order chi connectivity index (χ0) is 28.6. The van der Waals surface area contributed by atoms with Crippen molar-refractivity contribution in [3.8, 4) is 5.75 Å². The van der Waals surface area contributed by atoms with Crippen molar-refractivity contribution in [1.29, 1.82) is 0 Å². The lowest BCUT2D eigenvalue weighted by molar-refractivity contribution is -0.150. The molecule has 0 saturated heterocycles. The van der Waals surface area contributed by atoms with Gasteiger partial charge in [-0.1, -0.05) is 48.5 Å². The summed E-state index contributed by atoms with van der Waals surface area (Å²) in [6.45, 7) is 5.69. The summed E-state index contributed by atoms with van der Waals surface area (Å²) in [6, 6.07) is 18.0. The molecular formula is C28H38N3O7P. The summed E-state index contributed by atoms with van der Waals surface area (Å²) in [5.41, 5.74) is 0.901. The first-order chi connectivity index (χ1) is 18.7. The van der Waals surface area contributed by atoms with Crippen LogP contribution in [0, 0.1) is 0 Å². The molecule has 0 spiro atoms. The fraction of sp³-hybridized carbons (Fsp3) is 0.393. The van der Waals surface area contributed by atoms with E-state index >= 15 is 0 Å². The highest BCUT2D eigenvalue weighted by Gasteiger charge is 2.26. The molecule has 0 heterocycles. The molecular weight excluding hydrogens is 521 g/mol. The second-order valence-corrected chi connectivity index (χ2v) is 10.1. The molecule has 5 unspecified atom stereocenters. The van der Waals surface area contributed by atoms with Crippen LogP contribution < -0.4 is 14.9 Å². The minimum absolute atomic E-state index is 0.0126. The maximum Gasteiger partial charge on any atom is 0.323 e. The van der Waals surface area contributed by atoms with Crippen LogP contribution in [0.5, 0.6) is 5.75 Å².